The van der Waals surface area contributed by atoms with Crippen molar-refractivity contribution in [2.45, 2.75) is 6.92 Å². The van der Waals surface area contributed by atoms with Crippen molar-refractivity contribution in [2.24, 2.45) is 0 Å². The lowest BCUT2D eigenvalue weighted by molar-refractivity contribution is -0.118. The van der Waals surface area contributed by atoms with Gasteiger partial charge in [0.25, 0.3) is 11.8 Å². The van der Waals surface area contributed by atoms with Gasteiger partial charge in [-0.25, -0.2) is 9.87 Å². The van der Waals surface area contributed by atoms with Gasteiger partial charge in [0.2, 0.25) is 0 Å². The Labute approximate surface area is 150 Å². The van der Waals surface area contributed by atoms with E-state index in [1.165, 1.54) is 49.6 Å². The molecule has 138 valence electrons. The predicted molar refractivity (Wildman–Crippen MR) is 92.6 cm³/mol. The number of ether oxygens (including phenoxy) is 2. The quantitative estimate of drug-likeness (QED) is 0.705. The van der Waals surface area contributed by atoms with Crippen molar-refractivity contribution in [1.82, 2.24) is 5.48 Å². The summed E-state index contributed by atoms with van der Waals surface area (Å²) in [5, 5.41) is 2.58. The van der Waals surface area contributed by atoms with E-state index in [0.717, 1.165) is 0 Å². The minimum absolute atomic E-state index is 0.280. The van der Waals surface area contributed by atoms with E-state index < -0.39 is 17.6 Å². The number of anilines is 1. The SMILES string of the molecule is CCONC(=O)c1ccc(OCC(=O)Nc2ccc(F)cc2)c(OC)c1. The summed E-state index contributed by atoms with van der Waals surface area (Å²) in [5.41, 5.74) is 3.05. The summed E-state index contributed by atoms with van der Waals surface area (Å²) >= 11 is 0. The molecule has 0 saturated carbocycles. The molecule has 0 heterocycles. The molecule has 0 saturated heterocycles. The van der Waals surface area contributed by atoms with Gasteiger partial charge in [-0.1, -0.05) is 0 Å². The molecule has 26 heavy (non-hydrogen) atoms. The number of methoxy groups -OCH3 is 1. The van der Waals surface area contributed by atoms with Gasteiger partial charge in [-0.15, -0.1) is 0 Å². The molecule has 2 amide bonds. The van der Waals surface area contributed by atoms with Crippen molar-refractivity contribution < 1.29 is 28.3 Å². The van der Waals surface area contributed by atoms with E-state index >= 15 is 0 Å². The first kappa shape index (κ1) is 19.2. The van der Waals surface area contributed by atoms with Gasteiger partial charge >= 0.3 is 0 Å². The summed E-state index contributed by atoms with van der Waals surface area (Å²) in [7, 11) is 1.42. The summed E-state index contributed by atoms with van der Waals surface area (Å²) in [5.74, 6) is -0.640. The lowest BCUT2D eigenvalue weighted by Gasteiger charge is -2.12. The van der Waals surface area contributed by atoms with E-state index in [1.54, 1.807) is 6.92 Å². The zero-order valence-electron chi connectivity index (χ0n) is 14.4. The van der Waals surface area contributed by atoms with Crippen LogP contribution in [0.5, 0.6) is 11.5 Å². The molecule has 0 fully saturated rings. The Morgan fingerprint density at radius 2 is 1.81 bits per heavy atom. The molecule has 0 radical (unpaired) electrons. The van der Waals surface area contributed by atoms with Gasteiger partial charge in [-0.3, -0.25) is 14.4 Å². The van der Waals surface area contributed by atoms with Crippen LogP contribution in [-0.2, 0) is 9.63 Å². The van der Waals surface area contributed by atoms with Gasteiger partial charge in [0.15, 0.2) is 18.1 Å². The number of hydrogen-bond donors (Lipinski definition) is 2. The predicted octanol–water partition coefficient (Wildman–Crippen LogP) is 2.53. The van der Waals surface area contributed by atoms with Crippen LogP contribution >= 0.6 is 0 Å². The number of carbonyl (C=O) groups excluding carboxylic acids is 2. The molecular weight excluding hydrogens is 343 g/mol. The van der Waals surface area contributed by atoms with E-state index in [4.69, 9.17) is 14.3 Å². The third-order valence-corrected chi connectivity index (χ3v) is 3.22. The average Bonchev–Trinajstić information content (AvgIpc) is 2.66. The number of hydrogen-bond acceptors (Lipinski definition) is 5. The molecule has 0 bridgehead atoms. The third kappa shape index (κ3) is 5.45. The first-order chi connectivity index (χ1) is 12.5. The molecule has 2 aromatic rings. The van der Waals surface area contributed by atoms with Crippen LogP contribution < -0.4 is 20.3 Å². The van der Waals surface area contributed by atoms with Gasteiger partial charge in [0, 0.05) is 11.3 Å². The van der Waals surface area contributed by atoms with Crippen LogP contribution in [-0.4, -0.2) is 32.1 Å². The van der Waals surface area contributed by atoms with Crippen molar-refractivity contribution in [3.63, 3.8) is 0 Å². The molecule has 2 N–H and O–H groups in total. The van der Waals surface area contributed by atoms with Crippen LogP contribution in [0, 0.1) is 5.82 Å². The summed E-state index contributed by atoms with van der Waals surface area (Å²) in [6.07, 6.45) is 0. The Hall–Kier alpha value is -3.13. The Morgan fingerprint density at radius 1 is 1.08 bits per heavy atom. The van der Waals surface area contributed by atoms with Crippen LogP contribution in [0.25, 0.3) is 0 Å². The first-order valence-corrected chi connectivity index (χ1v) is 7.82. The van der Waals surface area contributed by atoms with Crippen LogP contribution in [0.3, 0.4) is 0 Å². The van der Waals surface area contributed by atoms with E-state index in [2.05, 4.69) is 10.8 Å². The molecule has 7 nitrogen and oxygen atoms in total. The highest BCUT2D eigenvalue weighted by Gasteiger charge is 2.12. The fourth-order valence-electron chi connectivity index (χ4n) is 2.00. The Bertz CT molecular complexity index is 765. The summed E-state index contributed by atoms with van der Waals surface area (Å²) in [6.45, 7) is 1.81. The standard InChI is InChI=1S/C18H19FN2O5/c1-3-26-21-18(23)12-4-9-15(16(10-12)24-2)25-11-17(22)20-14-7-5-13(19)6-8-14/h4-10H,3,11H2,1-2H3,(H,20,22)(H,21,23). The second-order valence-electron chi connectivity index (χ2n) is 5.07. The van der Waals surface area contributed by atoms with Gasteiger partial charge in [0.05, 0.1) is 13.7 Å². The Balaban J connectivity index is 1.96. The minimum atomic E-state index is -0.425. The third-order valence-electron chi connectivity index (χ3n) is 3.22. The number of amides is 2. The van der Waals surface area contributed by atoms with Gasteiger partial charge in [0.1, 0.15) is 5.82 Å². The number of rotatable bonds is 8. The zero-order valence-corrected chi connectivity index (χ0v) is 14.4. The van der Waals surface area contributed by atoms with E-state index in [-0.39, 0.29) is 6.61 Å². The molecule has 8 heteroatoms. The van der Waals surface area contributed by atoms with Crippen LogP contribution in [0.2, 0.25) is 0 Å². The number of carbonyl (C=O) groups is 2. The summed E-state index contributed by atoms with van der Waals surface area (Å²) in [6, 6.07) is 9.88. The molecule has 0 spiro atoms. The van der Waals surface area contributed by atoms with Crippen LogP contribution in [0.4, 0.5) is 10.1 Å². The van der Waals surface area contributed by atoms with E-state index in [1.807, 2.05) is 0 Å². The number of benzene rings is 2. The molecule has 2 rings (SSSR count). The van der Waals surface area contributed by atoms with Gasteiger partial charge in [-0.05, 0) is 49.4 Å². The molecule has 2 aromatic carbocycles. The van der Waals surface area contributed by atoms with Gasteiger partial charge in [-0.2, -0.15) is 0 Å². The Morgan fingerprint density at radius 3 is 2.46 bits per heavy atom. The molecule has 0 aromatic heterocycles. The van der Waals surface area contributed by atoms with Crippen molar-refractivity contribution >= 4 is 17.5 Å². The Kier molecular flexibility index (Phi) is 6.92. The fraction of sp³-hybridized carbons (Fsp3) is 0.222. The smallest absolute Gasteiger partial charge is 0.274 e. The lowest BCUT2D eigenvalue weighted by Crippen LogP contribution is -2.23. The maximum atomic E-state index is 12.8. The summed E-state index contributed by atoms with van der Waals surface area (Å²) in [4.78, 5) is 28.6. The summed E-state index contributed by atoms with van der Waals surface area (Å²) < 4.78 is 23.5. The average molecular weight is 362 g/mol. The molecule has 0 atom stereocenters. The van der Waals surface area contributed by atoms with Crippen molar-refractivity contribution in [3.05, 3.63) is 53.8 Å². The maximum Gasteiger partial charge on any atom is 0.274 e. The van der Waals surface area contributed by atoms with Crippen molar-refractivity contribution in [1.29, 1.82) is 0 Å². The number of hydroxylamine groups is 1. The molecule has 0 aliphatic heterocycles. The van der Waals surface area contributed by atoms with Crippen LogP contribution in [0.15, 0.2) is 42.5 Å². The fourth-order valence-corrected chi connectivity index (χ4v) is 2.00. The maximum absolute atomic E-state index is 12.8. The first-order valence-electron chi connectivity index (χ1n) is 7.82. The molecule has 0 aliphatic carbocycles. The topological polar surface area (TPSA) is 85.9 Å². The van der Waals surface area contributed by atoms with Crippen molar-refractivity contribution in [3.8, 4) is 11.5 Å². The second kappa shape index (κ2) is 9.38. The lowest BCUT2D eigenvalue weighted by atomic mass is 10.2. The largest absolute Gasteiger partial charge is 0.493 e. The highest BCUT2D eigenvalue weighted by atomic mass is 19.1. The van der Waals surface area contributed by atoms with E-state index in [0.29, 0.717) is 29.4 Å². The monoisotopic (exact) mass is 362 g/mol. The number of nitrogens with one attached hydrogen (secondary N) is 2. The van der Waals surface area contributed by atoms with Crippen molar-refractivity contribution in [2.75, 3.05) is 25.6 Å². The number of halogens is 1. The highest BCUT2D eigenvalue weighted by Crippen LogP contribution is 2.28. The minimum Gasteiger partial charge on any atom is -0.493 e. The zero-order chi connectivity index (χ0) is 18.9. The normalized spacial score (nSPS) is 10.1. The van der Waals surface area contributed by atoms with E-state index in [9.17, 15) is 14.0 Å². The van der Waals surface area contributed by atoms with Gasteiger partial charge < -0.3 is 14.8 Å². The molecular formula is C18H19FN2O5. The van der Waals surface area contributed by atoms with Crippen LogP contribution in [0.1, 0.15) is 17.3 Å². The second-order valence-corrected chi connectivity index (χ2v) is 5.07. The molecule has 0 aliphatic rings. The highest BCUT2D eigenvalue weighted by molar-refractivity contribution is 5.94. The molecule has 0 unspecified atom stereocenters.